The molecule has 3 aromatic rings. The fourth-order valence-corrected chi connectivity index (χ4v) is 4.63. The zero-order chi connectivity index (χ0) is 22.6. The van der Waals surface area contributed by atoms with Gasteiger partial charge in [-0.25, -0.2) is 4.98 Å². The highest BCUT2D eigenvalue weighted by atomic mass is 32.2. The molecule has 33 heavy (non-hydrogen) atoms. The van der Waals surface area contributed by atoms with E-state index in [2.05, 4.69) is 32.3 Å². The summed E-state index contributed by atoms with van der Waals surface area (Å²) in [5, 5.41) is 3.31. The van der Waals surface area contributed by atoms with E-state index >= 15 is 0 Å². The highest BCUT2D eigenvalue weighted by Gasteiger charge is 2.21. The van der Waals surface area contributed by atoms with E-state index in [0.29, 0.717) is 54.1 Å². The van der Waals surface area contributed by atoms with Gasteiger partial charge in [0.1, 0.15) is 13.2 Å². The van der Waals surface area contributed by atoms with Crippen molar-refractivity contribution < 1.29 is 14.3 Å². The number of nitrogens with zero attached hydrogens (tertiary/aromatic N) is 2. The van der Waals surface area contributed by atoms with Crippen molar-refractivity contribution in [3.8, 4) is 11.5 Å². The monoisotopic (exact) mass is 464 g/mol. The lowest BCUT2D eigenvalue weighted by Crippen LogP contribution is -2.35. The molecule has 2 aliphatic rings. The van der Waals surface area contributed by atoms with Gasteiger partial charge in [0.25, 0.3) is 5.56 Å². The van der Waals surface area contributed by atoms with Crippen LogP contribution in [0.25, 0.3) is 0 Å². The number of hydrogen-bond acceptors (Lipinski definition) is 7. The summed E-state index contributed by atoms with van der Waals surface area (Å²) in [7, 11) is 0. The number of H-pyrrole nitrogens is 1. The molecule has 0 aliphatic carbocycles. The van der Waals surface area contributed by atoms with Crippen LogP contribution in [0.15, 0.2) is 58.5 Å². The Kier molecular flexibility index (Phi) is 6.32. The molecule has 0 fully saturated rings. The smallest absolute Gasteiger partial charge is 0.256 e. The normalized spacial score (nSPS) is 15.0. The predicted octanol–water partition coefficient (Wildman–Crippen LogP) is 2.83. The number of thioether (sulfide) groups is 1. The van der Waals surface area contributed by atoms with Crippen LogP contribution < -0.4 is 20.3 Å². The number of carbonyl (C=O) groups excluding carboxylic acids is 1. The zero-order valence-electron chi connectivity index (χ0n) is 18.0. The summed E-state index contributed by atoms with van der Waals surface area (Å²) in [5.74, 6) is 1.24. The van der Waals surface area contributed by atoms with Gasteiger partial charge in [-0.2, -0.15) is 0 Å². The van der Waals surface area contributed by atoms with E-state index in [1.54, 1.807) is 18.2 Å². The van der Waals surface area contributed by atoms with E-state index in [9.17, 15) is 9.59 Å². The minimum absolute atomic E-state index is 0.132. The molecule has 2 aliphatic heterocycles. The second-order valence-corrected chi connectivity index (χ2v) is 8.90. The standard InChI is InChI=1S/C24H24N4O4S/c29-22(25-17-6-7-20-21(12-17)32-11-10-31-20)15-33-24-26-19-8-9-28(14-18(19)23(30)27-24)13-16-4-2-1-3-5-16/h1-7,12H,8-11,13-15H2,(H,25,29)(H,26,27,30). The van der Waals surface area contributed by atoms with Crippen LogP contribution >= 0.6 is 11.8 Å². The maximum Gasteiger partial charge on any atom is 0.256 e. The van der Waals surface area contributed by atoms with E-state index in [1.165, 1.54) is 17.3 Å². The molecular formula is C24H24N4O4S. The Bertz CT molecular complexity index is 1210. The Balaban J connectivity index is 1.19. The van der Waals surface area contributed by atoms with Crippen LogP contribution in [0.2, 0.25) is 0 Å². The topological polar surface area (TPSA) is 96.6 Å². The highest BCUT2D eigenvalue weighted by molar-refractivity contribution is 7.99. The van der Waals surface area contributed by atoms with Crippen LogP contribution in [0.1, 0.15) is 16.8 Å². The molecule has 170 valence electrons. The Hall–Kier alpha value is -3.30. The Labute approximate surface area is 195 Å². The summed E-state index contributed by atoms with van der Waals surface area (Å²) >= 11 is 1.22. The van der Waals surface area contributed by atoms with Gasteiger partial charge < -0.3 is 19.8 Å². The van der Waals surface area contributed by atoms with Crippen LogP contribution in [0, 0.1) is 0 Å². The molecule has 0 spiro atoms. The summed E-state index contributed by atoms with van der Waals surface area (Å²) < 4.78 is 11.0. The van der Waals surface area contributed by atoms with Crippen molar-refractivity contribution in [2.45, 2.75) is 24.7 Å². The summed E-state index contributed by atoms with van der Waals surface area (Å²) in [5.41, 5.74) is 3.25. The van der Waals surface area contributed by atoms with E-state index in [4.69, 9.17) is 9.47 Å². The van der Waals surface area contributed by atoms with Crippen LogP contribution in [0.5, 0.6) is 11.5 Å². The zero-order valence-corrected chi connectivity index (χ0v) is 18.8. The van der Waals surface area contributed by atoms with Crippen molar-refractivity contribution in [1.82, 2.24) is 14.9 Å². The first-order valence-electron chi connectivity index (χ1n) is 10.8. The summed E-state index contributed by atoms with van der Waals surface area (Å²) in [6.45, 7) is 3.22. The van der Waals surface area contributed by atoms with Crippen molar-refractivity contribution in [3.05, 3.63) is 75.7 Å². The fourth-order valence-electron chi connectivity index (χ4n) is 3.96. The van der Waals surface area contributed by atoms with E-state index < -0.39 is 0 Å². The van der Waals surface area contributed by atoms with E-state index in [1.807, 2.05) is 18.2 Å². The molecule has 5 rings (SSSR count). The number of rotatable bonds is 6. The van der Waals surface area contributed by atoms with Gasteiger partial charge in [0, 0.05) is 37.8 Å². The Morgan fingerprint density at radius 3 is 2.79 bits per heavy atom. The molecular weight excluding hydrogens is 440 g/mol. The summed E-state index contributed by atoms with van der Waals surface area (Å²) in [4.78, 5) is 34.8. The minimum Gasteiger partial charge on any atom is -0.486 e. The molecule has 2 aromatic carbocycles. The van der Waals surface area contributed by atoms with Crippen molar-refractivity contribution in [1.29, 1.82) is 0 Å². The van der Waals surface area contributed by atoms with E-state index in [0.717, 1.165) is 18.8 Å². The van der Waals surface area contributed by atoms with Gasteiger partial charge in [0.05, 0.1) is 17.0 Å². The molecule has 1 aromatic heterocycles. The van der Waals surface area contributed by atoms with Crippen molar-refractivity contribution in [3.63, 3.8) is 0 Å². The molecule has 9 heteroatoms. The quantitative estimate of drug-likeness (QED) is 0.428. The lowest BCUT2D eigenvalue weighted by molar-refractivity contribution is -0.113. The average molecular weight is 465 g/mol. The van der Waals surface area contributed by atoms with E-state index in [-0.39, 0.29) is 17.2 Å². The first-order chi connectivity index (χ1) is 16.1. The Morgan fingerprint density at radius 2 is 1.94 bits per heavy atom. The van der Waals surface area contributed by atoms with Crippen LogP contribution in [0.3, 0.4) is 0 Å². The van der Waals surface area contributed by atoms with Crippen LogP contribution in [0.4, 0.5) is 5.69 Å². The van der Waals surface area contributed by atoms with Crippen molar-refractivity contribution in [2.24, 2.45) is 0 Å². The fraction of sp³-hybridized carbons (Fsp3) is 0.292. The SMILES string of the molecule is O=C(CSc1nc2c(c(=O)[nH]1)CN(Cc1ccccc1)CC2)Nc1ccc2c(c1)OCCO2. The van der Waals surface area contributed by atoms with Gasteiger partial charge in [-0.3, -0.25) is 14.5 Å². The number of amides is 1. The van der Waals surface area contributed by atoms with Crippen LogP contribution in [-0.4, -0.2) is 46.3 Å². The maximum atomic E-state index is 12.7. The number of fused-ring (bicyclic) bond motifs is 2. The third-order valence-corrected chi connectivity index (χ3v) is 6.41. The second-order valence-electron chi connectivity index (χ2n) is 7.94. The third-order valence-electron chi connectivity index (χ3n) is 5.54. The summed E-state index contributed by atoms with van der Waals surface area (Å²) in [6, 6.07) is 15.5. The molecule has 2 N–H and O–H groups in total. The molecule has 0 unspecified atom stereocenters. The number of carbonyl (C=O) groups is 1. The van der Waals surface area contributed by atoms with Gasteiger partial charge in [-0.15, -0.1) is 0 Å². The van der Waals surface area contributed by atoms with Gasteiger partial charge >= 0.3 is 0 Å². The van der Waals surface area contributed by atoms with Crippen LogP contribution in [-0.2, 0) is 24.3 Å². The number of nitrogens with one attached hydrogen (secondary N) is 2. The lowest BCUT2D eigenvalue weighted by atomic mass is 10.1. The first kappa shape index (κ1) is 21.5. The maximum absolute atomic E-state index is 12.7. The number of ether oxygens (including phenoxy) is 2. The minimum atomic E-state index is -0.189. The van der Waals surface area contributed by atoms with Gasteiger partial charge in [0.2, 0.25) is 5.91 Å². The molecule has 1 amide bonds. The molecule has 0 bridgehead atoms. The summed E-state index contributed by atoms with van der Waals surface area (Å²) in [6.07, 6.45) is 0.711. The lowest BCUT2D eigenvalue weighted by Gasteiger charge is -2.27. The van der Waals surface area contributed by atoms with Gasteiger partial charge in [-0.05, 0) is 17.7 Å². The third kappa shape index (κ3) is 5.20. The molecule has 0 saturated carbocycles. The average Bonchev–Trinajstić information content (AvgIpc) is 2.84. The Morgan fingerprint density at radius 1 is 1.12 bits per heavy atom. The molecule has 3 heterocycles. The molecule has 0 saturated heterocycles. The molecule has 8 nitrogen and oxygen atoms in total. The highest BCUT2D eigenvalue weighted by Crippen LogP contribution is 2.32. The number of aromatic amines is 1. The number of anilines is 1. The molecule has 0 radical (unpaired) electrons. The van der Waals surface area contributed by atoms with Crippen molar-refractivity contribution in [2.75, 3.05) is 30.8 Å². The van der Waals surface area contributed by atoms with Gasteiger partial charge in [-0.1, -0.05) is 42.1 Å². The number of aromatic nitrogens is 2. The predicted molar refractivity (Wildman–Crippen MR) is 126 cm³/mol. The largest absolute Gasteiger partial charge is 0.486 e. The van der Waals surface area contributed by atoms with Gasteiger partial charge in [0.15, 0.2) is 16.7 Å². The number of hydrogen-bond donors (Lipinski definition) is 2. The first-order valence-corrected chi connectivity index (χ1v) is 11.8. The number of benzene rings is 2. The molecule has 0 atom stereocenters. The van der Waals surface area contributed by atoms with Crippen molar-refractivity contribution >= 4 is 23.4 Å². The second kappa shape index (κ2) is 9.68.